The van der Waals surface area contributed by atoms with Crippen LogP contribution in [-0.2, 0) is 14.9 Å². The molecular weight excluding hydrogens is 232 g/mol. The predicted octanol–water partition coefficient (Wildman–Crippen LogP) is 1.64. The zero-order valence-electron chi connectivity index (χ0n) is 8.71. The molecule has 0 atom stereocenters. The van der Waals surface area contributed by atoms with Crippen molar-refractivity contribution < 1.29 is 22.5 Å². The first-order valence-electron chi connectivity index (χ1n) is 4.71. The van der Waals surface area contributed by atoms with Gasteiger partial charge in [-0.25, -0.2) is 0 Å². The average Bonchev–Trinajstić information content (AvgIpc) is 2.17. The van der Waals surface area contributed by atoms with E-state index in [0.717, 1.165) is 6.07 Å². The molecule has 1 aromatic rings. The number of hydrogen-bond acceptors (Lipinski definition) is 4. The summed E-state index contributed by atoms with van der Waals surface area (Å²) < 4.78 is 35.3. The first-order valence-corrected chi connectivity index (χ1v) is 6.15. The maximum absolute atomic E-state index is 11.1. The van der Waals surface area contributed by atoms with Crippen LogP contribution < -0.4 is 4.74 Å². The molecule has 0 aliphatic rings. The molecule has 0 aliphatic carbocycles. The molecule has 0 radical (unpaired) electrons. The Hall–Kier alpha value is -1.40. The summed E-state index contributed by atoms with van der Waals surface area (Å²) in [4.78, 5) is 10.8. The Labute approximate surface area is 93.8 Å². The molecule has 88 valence electrons. The molecule has 0 bridgehead atoms. The lowest BCUT2D eigenvalue weighted by atomic mass is 10.3. The fourth-order valence-electron chi connectivity index (χ4n) is 1.08. The van der Waals surface area contributed by atoms with Gasteiger partial charge in [0.1, 0.15) is 5.75 Å². The lowest BCUT2D eigenvalue weighted by Gasteiger charge is -2.04. The number of carbonyl (C=O) groups excluding carboxylic acids is 1. The number of ether oxygens (including phenoxy) is 1. The van der Waals surface area contributed by atoms with Crippen molar-refractivity contribution in [2.24, 2.45) is 0 Å². The Kier molecular flexibility index (Phi) is 4.03. The van der Waals surface area contributed by atoms with E-state index in [1.54, 1.807) is 0 Å². The van der Waals surface area contributed by atoms with Crippen molar-refractivity contribution in [2.45, 2.75) is 24.7 Å². The van der Waals surface area contributed by atoms with E-state index in [0.29, 0.717) is 6.42 Å². The molecule has 0 aromatic heterocycles. The summed E-state index contributed by atoms with van der Waals surface area (Å²) in [6.07, 6.45) is 0.910. The topological polar surface area (TPSA) is 80.7 Å². The highest BCUT2D eigenvalue weighted by Crippen LogP contribution is 2.17. The normalized spacial score (nSPS) is 11.1. The van der Waals surface area contributed by atoms with E-state index < -0.39 is 16.1 Å². The summed E-state index contributed by atoms with van der Waals surface area (Å²) in [5.41, 5.74) is 0. The molecule has 0 unspecified atom stereocenters. The van der Waals surface area contributed by atoms with Gasteiger partial charge in [0.25, 0.3) is 10.1 Å². The molecule has 0 fully saturated rings. The SMILES string of the molecule is CCCC(=O)Oc1cccc(S(=O)(=O)O)c1. The predicted molar refractivity (Wildman–Crippen MR) is 56.8 cm³/mol. The standard InChI is InChI=1S/C10H12O5S/c1-2-4-10(11)15-8-5-3-6-9(7-8)16(12,13)14/h3,5-7H,2,4H2,1H3,(H,12,13,14). The molecule has 5 nitrogen and oxygen atoms in total. The third-order valence-electron chi connectivity index (χ3n) is 1.79. The third kappa shape index (κ3) is 3.63. The van der Waals surface area contributed by atoms with E-state index in [9.17, 15) is 13.2 Å². The molecule has 6 heteroatoms. The number of rotatable bonds is 4. The van der Waals surface area contributed by atoms with Crippen molar-refractivity contribution in [1.29, 1.82) is 0 Å². The molecule has 0 amide bonds. The van der Waals surface area contributed by atoms with Crippen molar-refractivity contribution >= 4 is 16.1 Å². The zero-order valence-corrected chi connectivity index (χ0v) is 9.53. The van der Waals surface area contributed by atoms with E-state index in [-0.39, 0.29) is 17.1 Å². The van der Waals surface area contributed by atoms with E-state index in [4.69, 9.17) is 9.29 Å². The van der Waals surface area contributed by atoms with Crippen LogP contribution in [0, 0.1) is 0 Å². The fraction of sp³-hybridized carbons (Fsp3) is 0.300. The van der Waals surface area contributed by atoms with Gasteiger partial charge in [-0.2, -0.15) is 8.42 Å². The second-order valence-electron chi connectivity index (χ2n) is 3.17. The minimum Gasteiger partial charge on any atom is -0.426 e. The minimum absolute atomic E-state index is 0.105. The van der Waals surface area contributed by atoms with Gasteiger partial charge in [0.15, 0.2) is 0 Å². The summed E-state index contributed by atoms with van der Waals surface area (Å²) in [7, 11) is -4.26. The summed E-state index contributed by atoms with van der Waals surface area (Å²) in [6.45, 7) is 1.83. The van der Waals surface area contributed by atoms with Crippen LogP contribution in [0.15, 0.2) is 29.2 Å². The Morgan fingerprint density at radius 3 is 2.69 bits per heavy atom. The van der Waals surface area contributed by atoms with Gasteiger partial charge < -0.3 is 4.74 Å². The summed E-state index contributed by atoms with van der Waals surface area (Å²) in [5, 5.41) is 0. The quantitative estimate of drug-likeness (QED) is 0.494. The number of carbonyl (C=O) groups is 1. The van der Waals surface area contributed by atoms with Crippen molar-refractivity contribution in [2.75, 3.05) is 0 Å². The van der Waals surface area contributed by atoms with Crippen molar-refractivity contribution in [1.82, 2.24) is 0 Å². The van der Waals surface area contributed by atoms with E-state index >= 15 is 0 Å². The molecule has 1 N–H and O–H groups in total. The number of esters is 1. The van der Waals surface area contributed by atoms with E-state index in [2.05, 4.69) is 0 Å². The van der Waals surface area contributed by atoms with Crippen LogP contribution in [0.1, 0.15) is 19.8 Å². The Bertz CT molecular complexity index is 478. The lowest BCUT2D eigenvalue weighted by Crippen LogP contribution is -2.07. The summed E-state index contributed by atoms with van der Waals surface area (Å²) in [5.74, 6) is -0.330. The molecule has 16 heavy (non-hydrogen) atoms. The van der Waals surface area contributed by atoms with Gasteiger partial charge in [-0.1, -0.05) is 13.0 Å². The number of benzene rings is 1. The van der Waals surface area contributed by atoms with Gasteiger partial charge in [0, 0.05) is 12.5 Å². The van der Waals surface area contributed by atoms with Gasteiger partial charge in [-0.15, -0.1) is 0 Å². The minimum atomic E-state index is -4.26. The van der Waals surface area contributed by atoms with Crippen LogP contribution in [0.25, 0.3) is 0 Å². The first kappa shape index (κ1) is 12.7. The average molecular weight is 244 g/mol. The highest BCUT2D eigenvalue weighted by atomic mass is 32.2. The fourth-order valence-corrected chi connectivity index (χ4v) is 1.60. The van der Waals surface area contributed by atoms with Gasteiger partial charge in [-0.05, 0) is 18.6 Å². The molecule has 0 aliphatic heterocycles. The van der Waals surface area contributed by atoms with Crippen LogP contribution in [0.2, 0.25) is 0 Å². The Morgan fingerprint density at radius 2 is 2.12 bits per heavy atom. The Balaban J connectivity index is 2.88. The third-order valence-corrected chi connectivity index (χ3v) is 2.64. The molecule has 0 saturated heterocycles. The highest BCUT2D eigenvalue weighted by Gasteiger charge is 2.11. The maximum atomic E-state index is 11.1. The second-order valence-corrected chi connectivity index (χ2v) is 4.60. The molecule has 1 rings (SSSR count). The van der Waals surface area contributed by atoms with Gasteiger partial charge in [0.2, 0.25) is 0 Å². The van der Waals surface area contributed by atoms with Crippen LogP contribution in [0.5, 0.6) is 5.75 Å². The molecule has 1 aromatic carbocycles. The van der Waals surface area contributed by atoms with Crippen LogP contribution >= 0.6 is 0 Å². The second kappa shape index (κ2) is 5.09. The molecule has 0 heterocycles. The summed E-state index contributed by atoms with van der Waals surface area (Å²) >= 11 is 0. The lowest BCUT2D eigenvalue weighted by molar-refractivity contribution is -0.134. The maximum Gasteiger partial charge on any atom is 0.311 e. The largest absolute Gasteiger partial charge is 0.426 e. The van der Waals surface area contributed by atoms with E-state index in [1.807, 2.05) is 6.92 Å². The van der Waals surface area contributed by atoms with Crippen molar-refractivity contribution in [3.8, 4) is 5.75 Å². The van der Waals surface area contributed by atoms with E-state index in [1.165, 1.54) is 18.2 Å². The van der Waals surface area contributed by atoms with Crippen molar-refractivity contribution in [3.05, 3.63) is 24.3 Å². The Morgan fingerprint density at radius 1 is 1.44 bits per heavy atom. The highest BCUT2D eigenvalue weighted by molar-refractivity contribution is 7.85. The first-order chi connectivity index (χ1) is 7.43. The van der Waals surface area contributed by atoms with Crippen LogP contribution in [0.4, 0.5) is 0 Å². The van der Waals surface area contributed by atoms with Gasteiger partial charge in [0.05, 0.1) is 4.90 Å². The number of hydrogen-bond donors (Lipinski definition) is 1. The van der Waals surface area contributed by atoms with Crippen molar-refractivity contribution in [3.63, 3.8) is 0 Å². The summed E-state index contributed by atoms with van der Waals surface area (Å²) in [6, 6.07) is 5.15. The monoisotopic (exact) mass is 244 g/mol. The van der Waals surface area contributed by atoms with Gasteiger partial charge >= 0.3 is 5.97 Å². The van der Waals surface area contributed by atoms with Crippen LogP contribution in [-0.4, -0.2) is 18.9 Å². The zero-order chi connectivity index (χ0) is 12.2. The smallest absolute Gasteiger partial charge is 0.311 e. The molecule has 0 saturated carbocycles. The van der Waals surface area contributed by atoms with Crippen LogP contribution in [0.3, 0.4) is 0 Å². The van der Waals surface area contributed by atoms with Gasteiger partial charge in [-0.3, -0.25) is 9.35 Å². The molecule has 0 spiro atoms. The molecular formula is C10H12O5S.